The van der Waals surface area contributed by atoms with E-state index in [0.29, 0.717) is 18.2 Å². The van der Waals surface area contributed by atoms with Gasteiger partial charge >= 0.3 is 0 Å². The number of anilines is 4. The van der Waals surface area contributed by atoms with E-state index in [4.69, 9.17) is 0 Å². The molecule has 2 heterocycles. The number of amides is 1. The maximum Gasteiger partial charge on any atom is 0.224 e. The van der Waals surface area contributed by atoms with E-state index in [1.165, 1.54) is 0 Å². The third-order valence-corrected chi connectivity index (χ3v) is 2.92. The minimum Gasteiger partial charge on any atom is -0.357 e. The molecule has 0 saturated carbocycles. The van der Waals surface area contributed by atoms with Crippen molar-refractivity contribution in [2.45, 2.75) is 27.7 Å². The molecule has 7 heteroatoms. The van der Waals surface area contributed by atoms with E-state index < -0.39 is 0 Å². The molecule has 0 radical (unpaired) electrons. The Hall–Kier alpha value is -2.70. The molecule has 0 spiro atoms. The van der Waals surface area contributed by atoms with Crippen LogP contribution < -0.4 is 15.5 Å². The monoisotopic (exact) mass is 316 g/mol. The standard InChI is InChI=1S/C14H18N6O.C2H6/c1-4-20(11-5-6-12(16-8-11)17-9-21)13-7-10(2)18-14(15-3)19-13;1-2/h5-9H,4H2,1-3H3,(H,15,18,19)(H,16,17,21);1-2H3. The minimum atomic E-state index is 0.514. The lowest BCUT2D eigenvalue weighted by molar-refractivity contribution is -0.105. The number of rotatable bonds is 6. The highest BCUT2D eigenvalue weighted by molar-refractivity contribution is 5.70. The van der Waals surface area contributed by atoms with Gasteiger partial charge in [-0.3, -0.25) is 4.79 Å². The topological polar surface area (TPSA) is 83.0 Å². The number of hydrogen-bond acceptors (Lipinski definition) is 6. The van der Waals surface area contributed by atoms with E-state index in [9.17, 15) is 4.79 Å². The largest absolute Gasteiger partial charge is 0.357 e. The smallest absolute Gasteiger partial charge is 0.224 e. The number of carbonyl (C=O) groups excluding carboxylic acids is 1. The Labute approximate surface area is 137 Å². The van der Waals surface area contributed by atoms with Crippen LogP contribution in [0.2, 0.25) is 0 Å². The summed E-state index contributed by atoms with van der Waals surface area (Å²) in [4.78, 5) is 25.3. The molecule has 0 aromatic carbocycles. The predicted octanol–water partition coefficient (Wildman–Crippen LogP) is 2.97. The highest BCUT2D eigenvalue weighted by Gasteiger charge is 2.11. The van der Waals surface area contributed by atoms with Crippen LogP contribution in [0.4, 0.5) is 23.3 Å². The molecule has 2 aromatic heterocycles. The van der Waals surface area contributed by atoms with Crippen molar-refractivity contribution in [3.63, 3.8) is 0 Å². The molecule has 0 unspecified atom stereocenters. The van der Waals surface area contributed by atoms with Gasteiger partial charge in [-0.25, -0.2) is 9.97 Å². The number of aromatic nitrogens is 3. The molecule has 0 aliphatic heterocycles. The zero-order chi connectivity index (χ0) is 17.2. The fourth-order valence-electron chi connectivity index (χ4n) is 1.97. The molecule has 2 aromatic rings. The van der Waals surface area contributed by atoms with Crippen LogP contribution >= 0.6 is 0 Å². The summed E-state index contributed by atoms with van der Waals surface area (Å²) in [6, 6.07) is 5.56. The lowest BCUT2D eigenvalue weighted by Crippen LogP contribution is -2.18. The van der Waals surface area contributed by atoms with Gasteiger partial charge in [0.25, 0.3) is 0 Å². The molecule has 124 valence electrons. The van der Waals surface area contributed by atoms with Crippen molar-refractivity contribution in [3.8, 4) is 0 Å². The Balaban J connectivity index is 0.00000127. The number of nitrogens with one attached hydrogen (secondary N) is 2. The van der Waals surface area contributed by atoms with E-state index in [-0.39, 0.29) is 0 Å². The third kappa shape index (κ3) is 4.91. The van der Waals surface area contributed by atoms with Crippen molar-refractivity contribution in [2.24, 2.45) is 0 Å². The number of aryl methyl sites for hydroxylation is 1. The maximum atomic E-state index is 10.4. The minimum absolute atomic E-state index is 0.514. The maximum absolute atomic E-state index is 10.4. The number of nitrogens with zero attached hydrogens (tertiary/aromatic N) is 4. The van der Waals surface area contributed by atoms with Crippen LogP contribution in [0.25, 0.3) is 0 Å². The lowest BCUT2D eigenvalue weighted by atomic mass is 10.3. The van der Waals surface area contributed by atoms with Gasteiger partial charge in [0.15, 0.2) is 0 Å². The summed E-state index contributed by atoms with van der Waals surface area (Å²) in [6.45, 7) is 8.70. The molecule has 2 N–H and O–H groups in total. The van der Waals surface area contributed by atoms with Gasteiger partial charge in [-0.1, -0.05) is 13.8 Å². The first-order valence-electron chi connectivity index (χ1n) is 7.65. The zero-order valence-electron chi connectivity index (χ0n) is 14.3. The fourth-order valence-corrected chi connectivity index (χ4v) is 1.97. The summed E-state index contributed by atoms with van der Waals surface area (Å²) in [6.07, 6.45) is 2.30. The average molecular weight is 316 g/mol. The predicted molar refractivity (Wildman–Crippen MR) is 94.3 cm³/mol. The highest BCUT2D eigenvalue weighted by atomic mass is 16.1. The molecule has 0 atom stereocenters. The van der Waals surface area contributed by atoms with E-state index >= 15 is 0 Å². The van der Waals surface area contributed by atoms with E-state index in [1.54, 1.807) is 19.3 Å². The van der Waals surface area contributed by atoms with Crippen LogP contribution in [0, 0.1) is 6.92 Å². The Morgan fingerprint density at radius 1 is 1.26 bits per heavy atom. The van der Waals surface area contributed by atoms with Crippen molar-refractivity contribution in [1.29, 1.82) is 0 Å². The second-order valence-corrected chi connectivity index (χ2v) is 4.35. The van der Waals surface area contributed by atoms with Crippen LogP contribution in [0.1, 0.15) is 26.5 Å². The molecule has 1 amide bonds. The molecular formula is C16H24N6O. The molecule has 0 fully saturated rings. The van der Waals surface area contributed by atoms with Crippen LogP contribution in [0.3, 0.4) is 0 Å². The van der Waals surface area contributed by atoms with E-state index in [1.807, 2.05) is 44.7 Å². The molecule has 0 saturated heterocycles. The number of pyridine rings is 1. The second kappa shape index (κ2) is 9.34. The summed E-state index contributed by atoms with van der Waals surface area (Å²) >= 11 is 0. The Morgan fingerprint density at radius 2 is 2.00 bits per heavy atom. The van der Waals surface area contributed by atoms with Crippen molar-refractivity contribution in [1.82, 2.24) is 15.0 Å². The quantitative estimate of drug-likeness (QED) is 0.797. The van der Waals surface area contributed by atoms with Gasteiger partial charge in [0.1, 0.15) is 11.6 Å². The molecule has 23 heavy (non-hydrogen) atoms. The van der Waals surface area contributed by atoms with Crippen molar-refractivity contribution in [3.05, 3.63) is 30.1 Å². The van der Waals surface area contributed by atoms with Gasteiger partial charge in [-0.2, -0.15) is 4.98 Å². The first kappa shape index (κ1) is 18.3. The lowest BCUT2D eigenvalue weighted by Gasteiger charge is -2.22. The Bertz CT molecular complexity index is 614. The van der Waals surface area contributed by atoms with Gasteiger partial charge in [0, 0.05) is 25.4 Å². The van der Waals surface area contributed by atoms with Crippen molar-refractivity contribution >= 4 is 29.7 Å². The zero-order valence-corrected chi connectivity index (χ0v) is 14.3. The van der Waals surface area contributed by atoms with E-state index in [0.717, 1.165) is 23.7 Å². The first-order valence-corrected chi connectivity index (χ1v) is 7.65. The fraction of sp³-hybridized carbons (Fsp3) is 0.375. The van der Waals surface area contributed by atoms with Crippen LogP contribution in [0.15, 0.2) is 24.4 Å². The van der Waals surface area contributed by atoms with Crippen LogP contribution in [-0.4, -0.2) is 35.0 Å². The molecule has 0 bridgehead atoms. The SMILES string of the molecule is CC.CCN(c1ccc(NC=O)nc1)c1cc(C)nc(NC)n1. The second-order valence-electron chi connectivity index (χ2n) is 4.35. The third-order valence-electron chi connectivity index (χ3n) is 2.92. The van der Waals surface area contributed by atoms with Gasteiger partial charge in [-0.05, 0) is 26.0 Å². The van der Waals surface area contributed by atoms with Crippen molar-refractivity contribution in [2.75, 3.05) is 29.1 Å². The Kier molecular flexibility index (Phi) is 7.45. The van der Waals surface area contributed by atoms with Gasteiger partial charge < -0.3 is 15.5 Å². The summed E-state index contributed by atoms with van der Waals surface area (Å²) in [7, 11) is 1.79. The molecule has 0 aliphatic rings. The highest BCUT2D eigenvalue weighted by Crippen LogP contribution is 2.24. The van der Waals surface area contributed by atoms with Crippen LogP contribution in [-0.2, 0) is 4.79 Å². The first-order chi connectivity index (χ1) is 11.2. The molecule has 7 nitrogen and oxygen atoms in total. The molecule has 2 rings (SSSR count). The van der Waals surface area contributed by atoms with Gasteiger partial charge in [-0.15, -0.1) is 0 Å². The summed E-state index contributed by atoms with van der Waals surface area (Å²) < 4.78 is 0. The normalized spacial score (nSPS) is 9.43. The number of carbonyl (C=O) groups is 1. The van der Waals surface area contributed by atoms with Crippen molar-refractivity contribution < 1.29 is 4.79 Å². The summed E-state index contributed by atoms with van der Waals surface area (Å²) in [5, 5.41) is 5.46. The van der Waals surface area contributed by atoms with E-state index in [2.05, 4.69) is 25.6 Å². The summed E-state index contributed by atoms with van der Waals surface area (Å²) in [5.41, 5.74) is 1.78. The Morgan fingerprint density at radius 3 is 2.52 bits per heavy atom. The number of hydrogen-bond donors (Lipinski definition) is 2. The van der Waals surface area contributed by atoms with Crippen LogP contribution in [0.5, 0.6) is 0 Å². The van der Waals surface area contributed by atoms with Gasteiger partial charge in [0.2, 0.25) is 12.4 Å². The van der Waals surface area contributed by atoms with Gasteiger partial charge in [0.05, 0.1) is 11.9 Å². The average Bonchev–Trinajstić information content (AvgIpc) is 2.58. The molecule has 0 aliphatic carbocycles. The summed E-state index contributed by atoms with van der Waals surface area (Å²) in [5.74, 6) is 1.89. The molecular weight excluding hydrogens is 292 g/mol.